The number of ether oxygens (including phenoxy) is 1. The summed E-state index contributed by atoms with van der Waals surface area (Å²) in [6.07, 6.45) is 1.19. The fourth-order valence-electron chi connectivity index (χ4n) is 2.55. The first-order chi connectivity index (χ1) is 12.9. The largest absolute Gasteiger partial charge is 0.500 e. The van der Waals surface area contributed by atoms with Crippen LogP contribution < -0.4 is 4.74 Å². The number of fused-ring (bicyclic) bond motifs is 1. The van der Waals surface area contributed by atoms with Crippen LogP contribution in [0.2, 0.25) is 0 Å². The molecule has 1 aromatic heterocycles. The molecule has 0 aliphatic heterocycles. The lowest BCUT2D eigenvalue weighted by molar-refractivity contribution is -0.386. The molecule has 2 aromatic carbocycles. The zero-order valence-electron chi connectivity index (χ0n) is 14.1. The molecule has 3 rings (SSSR count). The molecule has 0 aliphatic carbocycles. The van der Waals surface area contributed by atoms with Gasteiger partial charge in [0.05, 0.1) is 28.7 Å². The lowest BCUT2D eigenvalue weighted by Crippen LogP contribution is -1.97. The summed E-state index contributed by atoms with van der Waals surface area (Å²) in [5.41, 5.74) is 0.931. The topological polar surface area (TPSA) is 123 Å². The number of carboxylic acids is 1. The van der Waals surface area contributed by atoms with Crippen LogP contribution in [0.15, 0.2) is 36.4 Å². The number of benzene rings is 2. The first kappa shape index (κ1) is 18.3. The highest BCUT2D eigenvalue weighted by Crippen LogP contribution is 2.38. The summed E-state index contributed by atoms with van der Waals surface area (Å²) in [4.78, 5) is 26.2. The molecule has 138 valence electrons. The van der Waals surface area contributed by atoms with Crippen molar-refractivity contribution in [2.75, 3.05) is 7.11 Å². The molecule has 0 unspecified atom stereocenters. The van der Waals surface area contributed by atoms with E-state index in [2.05, 4.69) is 4.98 Å². The smallest absolute Gasteiger partial charge is 0.315 e. The van der Waals surface area contributed by atoms with Gasteiger partial charge in [0.2, 0.25) is 5.75 Å². The summed E-state index contributed by atoms with van der Waals surface area (Å²) in [5.74, 6) is -1.71. The number of carboxylic acid groups (broad SMARTS) is 1. The van der Waals surface area contributed by atoms with Crippen LogP contribution in [0.1, 0.15) is 17.0 Å². The minimum atomic E-state index is -1.05. The first-order valence-electron chi connectivity index (χ1n) is 7.72. The van der Waals surface area contributed by atoms with Gasteiger partial charge in [0.25, 0.3) is 0 Å². The summed E-state index contributed by atoms with van der Waals surface area (Å²) in [7, 11) is 1.28. The fourth-order valence-corrected chi connectivity index (χ4v) is 3.53. The van der Waals surface area contributed by atoms with Crippen LogP contribution in [0.3, 0.4) is 0 Å². The molecule has 9 heteroatoms. The maximum absolute atomic E-state index is 11.3. The quantitative estimate of drug-likeness (QED) is 0.486. The fraction of sp³-hybridized carbons (Fsp3) is 0.111. The third-order valence-corrected chi connectivity index (χ3v) is 4.86. The van der Waals surface area contributed by atoms with Gasteiger partial charge in [-0.25, -0.2) is 4.98 Å². The molecule has 0 aliphatic rings. The number of hydrogen-bond acceptors (Lipinski definition) is 7. The first-order valence-corrected chi connectivity index (χ1v) is 8.54. The van der Waals surface area contributed by atoms with E-state index < -0.39 is 22.3 Å². The van der Waals surface area contributed by atoms with E-state index in [9.17, 15) is 25.1 Å². The number of aromatic hydroxyl groups is 1. The predicted octanol–water partition coefficient (Wildman–Crippen LogP) is 3.93. The normalized spacial score (nSPS) is 11.5. The Bertz CT molecular complexity index is 1040. The number of rotatable bonds is 6. The summed E-state index contributed by atoms with van der Waals surface area (Å²) < 4.78 is 5.88. The Balaban J connectivity index is 2.15. The van der Waals surface area contributed by atoms with Gasteiger partial charge in [-0.15, -0.1) is 11.3 Å². The number of thiazole rings is 1. The van der Waals surface area contributed by atoms with Gasteiger partial charge in [-0.3, -0.25) is 14.9 Å². The highest BCUT2D eigenvalue weighted by Gasteiger charge is 2.20. The highest BCUT2D eigenvalue weighted by molar-refractivity contribution is 7.19. The van der Waals surface area contributed by atoms with Gasteiger partial charge in [-0.2, -0.15) is 0 Å². The van der Waals surface area contributed by atoms with Crippen LogP contribution in [-0.2, 0) is 4.79 Å². The SMILES string of the molecule is COc1cc(/C=C(\CC(=O)O)c2nc3ccccc3s2)cc([N+](=O)[O-])c1O. The van der Waals surface area contributed by atoms with Crippen molar-refractivity contribution in [3.63, 3.8) is 0 Å². The zero-order valence-corrected chi connectivity index (χ0v) is 14.9. The number of nitro benzene ring substituents is 1. The number of para-hydroxylation sites is 1. The van der Waals surface area contributed by atoms with Gasteiger partial charge < -0.3 is 14.9 Å². The lowest BCUT2D eigenvalue weighted by Gasteiger charge is -2.07. The number of nitro groups is 1. The number of carbonyl (C=O) groups is 1. The molecule has 0 atom stereocenters. The average Bonchev–Trinajstić information content (AvgIpc) is 3.06. The molecule has 2 N–H and O–H groups in total. The van der Waals surface area contributed by atoms with E-state index in [0.717, 1.165) is 16.3 Å². The second kappa shape index (κ2) is 7.42. The summed E-state index contributed by atoms with van der Waals surface area (Å²) >= 11 is 1.33. The minimum Gasteiger partial charge on any atom is -0.500 e. The highest BCUT2D eigenvalue weighted by atomic mass is 32.1. The van der Waals surface area contributed by atoms with Gasteiger partial charge in [-0.1, -0.05) is 12.1 Å². The number of aromatic nitrogens is 1. The van der Waals surface area contributed by atoms with Crippen molar-refractivity contribution in [2.45, 2.75) is 6.42 Å². The maximum atomic E-state index is 11.3. The molecule has 0 amide bonds. The van der Waals surface area contributed by atoms with Crippen molar-refractivity contribution in [3.05, 3.63) is 57.1 Å². The monoisotopic (exact) mass is 386 g/mol. The molecule has 8 nitrogen and oxygen atoms in total. The van der Waals surface area contributed by atoms with Crippen LogP contribution in [0, 0.1) is 10.1 Å². The third-order valence-electron chi connectivity index (χ3n) is 3.74. The second-order valence-electron chi connectivity index (χ2n) is 5.57. The predicted molar refractivity (Wildman–Crippen MR) is 101 cm³/mol. The summed E-state index contributed by atoms with van der Waals surface area (Å²) in [6, 6.07) is 9.95. The second-order valence-corrected chi connectivity index (χ2v) is 6.61. The van der Waals surface area contributed by atoms with Gasteiger partial charge in [0.15, 0.2) is 5.75 Å². The summed E-state index contributed by atoms with van der Waals surface area (Å²) in [6.45, 7) is 0. The Morgan fingerprint density at radius 3 is 2.74 bits per heavy atom. The van der Waals surface area contributed by atoms with Crippen molar-refractivity contribution in [1.29, 1.82) is 0 Å². The molecule has 0 spiro atoms. The molecular formula is C18H14N2O6S. The van der Waals surface area contributed by atoms with Gasteiger partial charge in [-0.05, 0) is 35.4 Å². The summed E-state index contributed by atoms with van der Waals surface area (Å²) in [5, 5.41) is 30.8. The van der Waals surface area contributed by atoms with Crippen molar-refractivity contribution >= 4 is 44.9 Å². The van der Waals surface area contributed by atoms with Gasteiger partial charge in [0.1, 0.15) is 5.01 Å². The number of phenolic OH excluding ortho intramolecular Hbond substituents is 1. The van der Waals surface area contributed by atoms with E-state index >= 15 is 0 Å². The Labute approximate surface area is 157 Å². The molecule has 0 radical (unpaired) electrons. The van der Waals surface area contributed by atoms with Crippen molar-refractivity contribution < 1.29 is 24.7 Å². The Morgan fingerprint density at radius 1 is 1.37 bits per heavy atom. The van der Waals surface area contributed by atoms with E-state index in [4.69, 9.17) is 4.74 Å². The van der Waals surface area contributed by atoms with Crippen LogP contribution >= 0.6 is 11.3 Å². The van der Waals surface area contributed by atoms with Crippen LogP contribution in [-0.4, -0.2) is 33.2 Å². The number of aliphatic carboxylic acids is 1. The standard InChI is InChI=1S/C18H14N2O6S/c1-26-14-8-10(7-13(17(14)23)20(24)25)6-11(9-16(21)22)18-19-12-4-2-3-5-15(12)27-18/h2-8,23H,9H2,1H3,(H,21,22)/b11-6+. The van der Waals surface area contributed by atoms with E-state index in [-0.39, 0.29) is 12.2 Å². The molecule has 27 heavy (non-hydrogen) atoms. The molecular weight excluding hydrogens is 372 g/mol. The van der Waals surface area contributed by atoms with Crippen molar-refractivity contribution in [3.8, 4) is 11.5 Å². The minimum absolute atomic E-state index is 0.0746. The van der Waals surface area contributed by atoms with Gasteiger partial charge in [0, 0.05) is 6.07 Å². The lowest BCUT2D eigenvalue weighted by atomic mass is 10.1. The molecule has 0 saturated heterocycles. The van der Waals surface area contributed by atoms with E-state index in [1.165, 1.54) is 30.6 Å². The Morgan fingerprint density at radius 2 is 2.11 bits per heavy atom. The van der Waals surface area contributed by atoms with Crippen molar-refractivity contribution in [1.82, 2.24) is 4.98 Å². The van der Waals surface area contributed by atoms with E-state index in [1.807, 2.05) is 24.3 Å². The number of hydrogen-bond donors (Lipinski definition) is 2. The molecule has 0 fully saturated rings. The Hall–Kier alpha value is -3.46. The van der Waals surface area contributed by atoms with Crippen LogP contribution in [0.25, 0.3) is 21.9 Å². The molecule has 0 saturated carbocycles. The van der Waals surface area contributed by atoms with Crippen molar-refractivity contribution in [2.24, 2.45) is 0 Å². The number of methoxy groups -OCH3 is 1. The molecule has 1 heterocycles. The number of phenols is 1. The molecule has 0 bridgehead atoms. The maximum Gasteiger partial charge on any atom is 0.315 e. The van der Waals surface area contributed by atoms with Gasteiger partial charge >= 0.3 is 11.7 Å². The van der Waals surface area contributed by atoms with Crippen LogP contribution in [0.4, 0.5) is 5.69 Å². The zero-order chi connectivity index (χ0) is 19.6. The third kappa shape index (κ3) is 3.87. The van der Waals surface area contributed by atoms with E-state index in [0.29, 0.717) is 16.1 Å². The molecule has 3 aromatic rings. The Kier molecular flexibility index (Phi) is 5.04. The van der Waals surface area contributed by atoms with Crippen LogP contribution in [0.5, 0.6) is 11.5 Å². The number of nitrogens with zero attached hydrogens (tertiary/aromatic N) is 2. The average molecular weight is 386 g/mol. The van der Waals surface area contributed by atoms with E-state index in [1.54, 1.807) is 0 Å².